The Kier molecular flexibility index (Phi) is 4.91. The molecule has 4 N–H and O–H groups in total. The lowest BCUT2D eigenvalue weighted by molar-refractivity contribution is 0.102. The number of phenolic OH excluding ortho intramolecular Hbond substituents is 1. The summed E-state index contributed by atoms with van der Waals surface area (Å²) in [6, 6.07) is 11.2. The summed E-state index contributed by atoms with van der Waals surface area (Å²) in [6.07, 6.45) is 0. The lowest BCUT2D eigenvalue weighted by Gasteiger charge is -2.10. The molecule has 0 saturated carbocycles. The number of nitrogens with two attached hydrogens (primary N) is 1. The van der Waals surface area contributed by atoms with Crippen molar-refractivity contribution in [3.8, 4) is 17.4 Å². The van der Waals surface area contributed by atoms with E-state index in [9.17, 15) is 14.3 Å². The standard InChI is InChI=1S/C19H12ClFN4O3S/c20-9-1-5-15(26)11(7-9)17(27)23-14-8-10(2-3-12(14)21)28-16-6-4-13-18(25-16)29-19(22)24-13/h1-8,26H,(H2,22,24)(H,23,27). The van der Waals surface area contributed by atoms with Gasteiger partial charge in [-0.1, -0.05) is 22.9 Å². The Balaban J connectivity index is 1.58. The quantitative estimate of drug-likeness (QED) is 0.428. The van der Waals surface area contributed by atoms with Crippen LogP contribution in [0.25, 0.3) is 10.3 Å². The van der Waals surface area contributed by atoms with Crippen LogP contribution in [-0.2, 0) is 0 Å². The molecule has 0 spiro atoms. The summed E-state index contributed by atoms with van der Waals surface area (Å²) in [5.41, 5.74) is 6.09. The highest BCUT2D eigenvalue weighted by molar-refractivity contribution is 7.21. The Hall–Kier alpha value is -3.43. The molecule has 0 radical (unpaired) electrons. The number of thiazole rings is 1. The molecule has 0 unspecified atom stereocenters. The molecule has 4 aromatic rings. The number of hydrogen-bond donors (Lipinski definition) is 3. The molecule has 0 aliphatic carbocycles. The molecule has 7 nitrogen and oxygen atoms in total. The molecule has 0 atom stereocenters. The summed E-state index contributed by atoms with van der Waals surface area (Å²) in [6.45, 7) is 0. The van der Waals surface area contributed by atoms with Gasteiger partial charge in [0, 0.05) is 17.2 Å². The second-order valence-electron chi connectivity index (χ2n) is 5.89. The van der Waals surface area contributed by atoms with Crippen LogP contribution < -0.4 is 15.8 Å². The smallest absolute Gasteiger partial charge is 0.259 e. The zero-order valence-corrected chi connectivity index (χ0v) is 16.1. The van der Waals surface area contributed by atoms with Crippen LogP contribution in [0, 0.1) is 5.82 Å². The first-order valence-electron chi connectivity index (χ1n) is 8.19. The van der Waals surface area contributed by atoms with Crippen molar-refractivity contribution in [3.63, 3.8) is 0 Å². The Morgan fingerprint density at radius 2 is 2.00 bits per heavy atom. The molecule has 4 rings (SSSR count). The Labute approximate surface area is 172 Å². The maximum Gasteiger partial charge on any atom is 0.259 e. The second kappa shape index (κ2) is 7.53. The number of carbonyl (C=O) groups excluding carboxylic acids is 1. The number of amides is 1. The molecule has 2 heterocycles. The number of ether oxygens (including phenoxy) is 1. The molecule has 1 amide bonds. The fourth-order valence-corrected chi connectivity index (χ4v) is 3.41. The van der Waals surface area contributed by atoms with Gasteiger partial charge in [-0.3, -0.25) is 4.79 Å². The van der Waals surface area contributed by atoms with Crippen molar-refractivity contribution >= 4 is 50.0 Å². The number of hydrogen-bond acceptors (Lipinski definition) is 7. The molecular formula is C19H12ClFN4O3S. The van der Waals surface area contributed by atoms with Crippen LogP contribution >= 0.6 is 22.9 Å². The van der Waals surface area contributed by atoms with E-state index >= 15 is 0 Å². The van der Waals surface area contributed by atoms with E-state index in [1.54, 1.807) is 12.1 Å². The molecular weight excluding hydrogens is 419 g/mol. The van der Waals surface area contributed by atoms with E-state index in [-0.39, 0.29) is 33.7 Å². The number of carbonyl (C=O) groups is 1. The monoisotopic (exact) mass is 430 g/mol. The van der Waals surface area contributed by atoms with Gasteiger partial charge in [0.25, 0.3) is 5.91 Å². The van der Waals surface area contributed by atoms with Gasteiger partial charge in [0.2, 0.25) is 5.88 Å². The third-order valence-electron chi connectivity index (χ3n) is 3.86. The summed E-state index contributed by atoms with van der Waals surface area (Å²) in [7, 11) is 0. The molecule has 29 heavy (non-hydrogen) atoms. The van der Waals surface area contributed by atoms with E-state index in [4.69, 9.17) is 22.1 Å². The summed E-state index contributed by atoms with van der Waals surface area (Å²) < 4.78 is 19.8. The number of anilines is 2. The minimum absolute atomic E-state index is 0.0851. The summed E-state index contributed by atoms with van der Waals surface area (Å²) in [4.78, 5) is 21.4. The average Bonchev–Trinajstić information content (AvgIpc) is 3.05. The van der Waals surface area contributed by atoms with Crippen LogP contribution in [-0.4, -0.2) is 21.0 Å². The van der Waals surface area contributed by atoms with Gasteiger partial charge in [0.1, 0.15) is 27.7 Å². The first-order valence-corrected chi connectivity index (χ1v) is 9.39. The Morgan fingerprint density at radius 3 is 2.83 bits per heavy atom. The van der Waals surface area contributed by atoms with E-state index < -0.39 is 11.7 Å². The van der Waals surface area contributed by atoms with Crippen LogP contribution in [0.15, 0.2) is 48.5 Å². The highest BCUT2D eigenvalue weighted by atomic mass is 35.5. The molecule has 0 fully saturated rings. The van der Waals surface area contributed by atoms with E-state index in [1.165, 1.54) is 41.7 Å². The molecule has 0 bridgehead atoms. The van der Waals surface area contributed by atoms with Gasteiger partial charge in [-0.2, -0.15) is 0 Å². The van der Waals surface area contributed by atoms with Crippen LogP contribution in [0.3, 0.4) is 0 Å². The number of halogens is 2. The number of aromatic hydroxyl groups is 1. The second-order valence-corrected chi connectivity index (χ2v) is 7.33. The molecule has 0 saturated heterocycles. The van der Waals surface area contributed by atoms with Crippen LogP contribution in [0.4, 0.5) is 15.2 Å². The SMILES string of the molecule is Nc1nc2ccc(Oc3ccc(F)c(NC(=O)c4cc(Cl)ccc4O)c3)nc2s1. The minimum atomic E-state index is -0.722. The Bertz CT molecular complexity index is 1250. The molecule has 146 valence electrons. The normalized spacial score (nSPS) is 10.8. The van der Waals surface area contributed by atoms with Gasteiger partial charge >= 0.3 is 0 Å². The van der Waals surface area contributed by atoms with E-state index in [0.29, 0.717) is 15.5 Å². The molecule has 2 aromatic carbocycles. The number of rotatable bonds is 4. The van der Waals surface area contributed by atoms with Crippen LogP contribution in [0.2, 0.25) is 5.02 Å². The predicted octanol–water partition coefficient (Wildman–Crippen LogP) is 4.82. The van der Waals surface area contributed by atoms with Crippen molar-refractivity contribution in [2.24, 2.45) is 0 Å². The third-order valence-corrected chi connectivity index (χ3v) is 4.89. The third kappa shape index (κ3) is 4.05. The molecule has 10 heteroatoms. The average molecular weight is 431 g/mol. The zero-order chi connectivity index (χ0) is 20.5. The highest BCUT2D eigenvalue weighted by Gasteiger charge is 2.15. The zero-order valence-electron chi connectivity index (χ0n) is 14.5. The van der Waals surface area contributed by atoms with Gasteiger partial charge < -0.3 is 20.9 Å². The van der Waals surface area contributed by atoms with Gasteiger partial charge in [-0.15, -0.1) is 0 Å². The largest absolute Gasteiger partial charge is 0.507 e. The van der Waals surface area contributed by atoms with Crippen molar-refractivity contribution in [1.29, 1.82) is 0 Å². The Morgan fingerprint density at radius 1 is 1.17 bits per heavy atom. The van der Waals surface area contributed by atoms with Crippen molar-refractivity contribution in [3.05, 3.63) is 64.9 Å². The molecule has 2 aromatic heterocycles. The molecule has 0 aliphatic heterocycles. The number of aromatic nitrogens is 2. The first-order chi connectivity index (χ1) is 13.9. The number of benzene rings is 2. The fraction of sp³-hybridized carbons (Fsp3) is 0. The molecule has 0 aliphatic rings. The van der Waals surface area contributed by atoms with E-state index in [1.807, 2.05) is 0 Å². The number of nitrogen functional groups attached to an aromatic ring is 1. The number of nitrogens with one attached hydrogen (secondary N) is 1. The first kappa shape index (κ1) is 18.9. The van der Waals surface area contributed by atoms with Crippen molar-refractivity contribution in [2.75, 3.05) is 11.1 Å². The maximum absolute atomic E-state index is 14.2. The van der Waals surface area contributed by atoms with Crippen LogP contribution in [0.1, 0.15) is 10.4 Å². The van der Waals surface area contributed by atoms with Crippen molar-refractivity contribution in [2.45, 2.75) is 0 Å². The lowest BCUT2D eigenvalue weighted by Crippen LogP contribution is -2.13. The van der Waals surface area contributed by atoms with Gasteiger partial charge in [0.05, 0.1) is 11.3 Å². The summed E-state index contributed by atoms with van der Waals surface area (Å²) in [5, 5.41) is 12.9. The number of nitrogens with zero attached hydrogens (tertiary/aromatic N) is 2. The van der Waals surface area contributed by atoms with Crippen molar-refractivity contribution < 1.29 is 19.0 Å². The van der Waals surface area contributed by atoms with E-state index in [2.05, 4.69) is 15.3 Å². The number of pyridine rings is 1. The number of phenols is 1. The van der Waals surface area contributed by atoms with Gasteiger partial charge in [0.15, 0.2) is 5.13 Å². The topological polar surface area (TPSA) is 110 Å². The van der Waals surface area contributed by atoms with Gasteiger partial charge in [-0.25, -0.2) is 14.4 Å². The minimum Gasteiger partial charge on any atom is -0.507 e. The summed E-state index contributed by atoms with van der Waals surface area (Å²) >= 11 is 7.07. The fourth-order valence-electron chi connectivity index (χ4n) is 2.54. The maximum atomic E-state index is 14.2. The predicted molar refractivity (Wildman–Crippen MR) is 109 cm³/mol. The number of fused-ring (bicyclic) bond motifs is 1. The highest BCUT2D eigenvalue weighted by Crippen LogP contribution is 2.29. The van der Waals surface area contributed by atoms with Gasteiger partial charge in [-0.05, 0) is 36.4 Å². The van der Waals surface area contributed by atoms with Crippen molar-refractivity contribution in [1.82, 2.24) is 9.97 Å². The van der Waals surface area contributed by atoms with Crippen LogP contribution in [0.5, 0.6) is 17.4 Å². The summed E-state index contributed by atoms with van der Waals surface area (Å²) in [5.74, 6) is -1.16. The van der Waals surface area contributed by atoms with E-state index in [0.717, 1.165) is 6.07 Å². The lowest BCUT2D eigenvalue weighted by atomic mass is 10.2.